The number of nitrogens with zero attached hydrogens (tertiary/aromatic N) is 2. The second kappa shape index (κ2) is 12.7. The maximum atomic E-state index is 6.28. The molecule has 3 aromatic rings. The fourth-order valence-corrected chi connectivity index (χ4v) is 3.41. The van der Waals surface area contributed by atoms with Crippen LogP contribution < -0.4 is 14.8 Å². The summed E-state index contributed by atoms with van der Waals surface area (Å²) in [6.45, 7) is 5.38. The summed E-state index contributed by atoms with van der Waals surface area (Å²) in [5.41, 5.74) is 1.92. The van der Waals surface area contributed by atoms with E-state index in [0.717, 1.165) is 42.1 Å². The molecule has 0 aliphatic rings. The monoisotopic (exact) mass is 469 g/mol. The van der Waals surface area contributed by atoms with Crippen LogP contribution >= 0.6 is 35.6 Å². The van der Waals surface area contributed by atoms with Gasteiger partial charge in [-0.3, -0.25) is 0 Å². The molecule has 0 atom stereocenters. The molecule has 8 heteroatoms. The summed E-state index contributed by atoms with van der Waals surface area (Å²) in [5.74, 6) is 1.47. The third-order valence-electron chi connectivity index (χ3n) is 4.39. The average molecular weight is 471 g/mol. The topological polar surface area (TPSA) is 48.3 Å². The van der Waals surface area contributed by atoms with Gasteiger partial charge < -0.3 is 19.4 Å². The highest BCUT2D eigenvalue weighted by Gasteiger charge is 2.12. The Kier molecular flexibility index (Phi) is 10.3. The first kappa shape index (κ1) is 24.4. The first-order valence-electron chi connectivity index (χ1n) is 9.65. The molecule has 0 saturated carbocycles. The molecule has 1 aromatic heterocycles. The molecule has 162 valence electrons. The van der Waals surface area contributed by atoms with Gasteiger partial charge in [-0.05, 0) is 38.1 Å². The van der Waals surface area contributed by atoms with Gasteiger partial charge >= 0.3 is 0 Å². The molecule has 0 unspecified atom stereocenters. The molecule has 0 aliphatic heterocycles. The number of benzene rings is 2. The molecule has 2 aromatic carbocycles. The summed E-state index contributed by atoms with van der Waals surface area (Å²) in [4.78, 5) is 4.06. The molecular weight excluding hydrogens is 445 g/mol. The minimum atomic E-state index is 0. The molecule has 0 aliphatic carbocycles. The number of aryl methyl sites for hydroxylation is 1. The van der Waals surface area contributed by atoms with Crippen LogP contribution in [0.3, 0.4) is 0 Å². The molecule has 3 rings (SSSR count). The zero-order chi connectivity index (χ0) is 20.5. The van der Waals surface area contributed by atoms with Crippen LogP contribution in [-0.2, 0) is 19.7 Å². The molecule has 30 heavy (non-hydrogen) atoms. The summed E-state index contributed by atoms with van der Waals surface area (Å²) in [5, 5.41) is 4.67. The lowest BCUT2D eigenvalue weighted by Gasteiger charge is -2.17. The van der Waals surface area contributed by atoms with Crippen molar-refractivity contribution in [3.05, 3.63) is 76.3 Å². The van der Waals surface area contributed by atoms with E-state index < -0.39 is 0 Å². The predicted octanol–water partition coefficient (Wildman–Crippen LogP) is 5.77. The molecule has 0 bridgehead atoms. The third-order valence-corrected chi connectivity index (χ3v) is 4.98. The second-order valence-corrected chi connectivity index (χ2v) is 7.38. The first-order valence-corrected chi connectivity index (χ1v) is 10.4. The van der Waals surface area contributed by atoms with Crippen LogP contribution in [0.4, 0.5) is 0 Å². The van der Waals surface area contributed by atoms with Crippen LogP contribution in [0.15, 0.2) is 55.1 Å². The smallest absolute Gasteiger partial charge is 0.166 e. The van der Waals surface area contributed by atoms with E-state index in [9.17, 15) is 0 Å². The van der Waals surface area contributed by atoms with Crippen molar-refractivity contribution in [2.45, 2.75) is 33.0 Å². The van der Waals surface area contributed by atoms with Crippen LogP contribution in [0, 0.1) is 0 Å². The van der Waals surface area contributed by atoms with Crippen molar-refractivity contribution < 1.29 is 9.47 Å². The molecule has 0 saturated heterocycles. The summed E-state index contributed by atoms with van der Waals surface area (Å²) in [7, 11) is 0. The zero-order valence-corrected chi connectivity index (χ0v) is 19.1. The lowest BCUT2D eigenvalue weighted by Crippen LogP contribution is -2.17. The van der Waals surface area contributed by atoms with Crippen molar-refractivity contribution in [1.29, 1.82) is 0 Å². The minimum Gasteiger partial charge on any atom is -0.490 e. The maximum absolute atomic E-state index is 6.28. The molecule has 1 heterocycles. The van der Waals surface area contributed by atoms with Crippen LogP contribution in [0.5, 0.6) is 11.5 Å². The lowest BCUT2D eigenvalue weighted by molar-refractivity contribution is 0.266. The van der Waals surface area contributed by atoms with Gasteiger partial charge in [-0.2, -0.15) is 0 Å². The predicted molar refractivity (Wildman–Crippen MR) is 124 cm³/mol. The van der Waals surface area contributed by atoms with Gasteiger partial charge in [0.1, 0.15) is 6.61 Å². The standard InChI is InChI=1S/C22H25Cl2N3O2.ClH/c1-2-28-21-6-3-5-17(14-25-9-4-11-27-12-10-26-16-27)22(21)29-15-18-7-8-19(23)13-20(18)24;/h3,5-8,10,12-13,16,25H,2,4,9,11,14-15H2,1H3;1H. The summed E-state index contributed by atoms with van der Waals surface area (Å²) in [6, 6.07) is 11.4. The molecular formula is C22H26Cl3N3O2. The lowest BCUT2D eigenvalue weighted by atomic mass is 10.1. The molecule has 0 amide bonds. The number of imidazole rings is 1. The van der Waals surface area contributed by atoms with Gasteiger partial charge in [0.2, 0.25) is 0 Å². The van der Waals surface area contributed by atoms with E-state index in [2.05, 4.69) is 14.9 Å². The second-order valence-electron chi connectivity index (χ2n) is 6.53. The van der Waals surface area contributed by atoms with Crippen LogP contribution in [0.2, 0.25) is 10.0 Å². The van der Waals surface area contributed by atoms with Gasteiger partial charge in [0.05, 0.1) is 12.9 Å². The van der Waals surface area contributed by atoms with Crippen molar-refractivity contribution in [3.63, 3.8) is 0 Å². The zero-order valence-electron chi connectivity index (χ0n) is 16.8. The van der Waals surface area contributed by atoms with Gasteiger partial charge in [-0.15, -0.1) is 12.4 Å². The third kappa shape index (κ3) is 7.10. The number of nitrogens with one attached hydrogen (secondary N) is 1. The number of hydrogen-bond donors (Lipinski definition) is 1. The van der Waals surface area contributed by atoms with Crippen molar-refractivity contribution in [2.75, 3.05) is 13.2 Å². The highest BCUT2D eigenvalue weighted by Crippen LogP contribution is 2.33. The van der Waals surface area contributed by atoms with Crippen molar-refractivity contribution in [1.82, 2.24) is 14.9 Å². The fourth-order valence-electron chi connectivity index (χ4n) is 2.95. The highest BCUT2D eigenvalue weighted by molar-refractivity contribution is 6.35. The summed E-state index contributed by atoms with van der Waals surface area (Å²) >= 11 is 12.3. The highest BCUT2D eigenvalue weighted by atomic mass is 35.5. The number of hydrogen-bond acceptors (Lipinski definition) is 4. The minimum absolute atomic E-state index is 0. The quantitative estimate of drug-likeness (QED) is 0.361. The normalized spacial score (nSPS) is 10.5. The van der Waals surface area contributed by atoms with Gasteiger partial charge in [-0.1, -0.05) is 41.4 Å². The maximum Gasteiger partial charge on any atom is 0.166 e. The van der Waals surface area contributed by atoms with E-state index in [4.69, 9.17) is 32.7 Å². The molecule has 0 fully saturated rings. The van der Waals surface area contributed by atoms with Crippen molar-refractivity contribution in [3.8, 4) is 11.5 Å². The van der Waals surface area contributed by atoms with E-state index in [1.54, 1.807) is 12.3 Å². The number of aromatic nitrogens is 2. The summed E-state index contributed by atoms with van der Waals surface area (Å²) in [6.07, 6.45) is 6.61. The van der Waals surface area contributed by atoms with Crippen molar-refractivity contribution >= 4 is 35.6 Å². The van der Waals surface area contributed by atoms with Crippen LogP contribution in [0.1, 0.15) is 24.5 Å². The largest absolute Gasteiger partial charge is 0.490 e. The fraction of sp³-hybridized carbons (Fsp3) is 0.318. The Morgan fingerprint density at radius 2 is 1.97 bits per heavy atom. The Balaban J connectivity index is 0.00000320. The van der Waals surface area contributed by atoms with Gasteiger partial charge in [0.15, 0.2) is 11.5 Å². The Labute approximate surface area is 193 Å². The number of halogens is 3. The Hall–Kier alpha value is -1.92. The van der Waals surface area contributed by atoms with E-state index >= 15 is 0 Å². The van der Waals surface area contributed by atoms with Gasteiger partial charge in [-0.25, -0.2) is 4.98 Å². The summed E-state index contributed by atoms with van der Waals surface area (Å²) < 4.78 is 14.0. The molecule has 1 N–H and O–H groups in total. The van der Waals surface area contributed by atoms with Gasteiger partial charge in [0.25, 0.3) is 0 Å². The van der Waals surface area contributed by atoms with Gasteiger partial charge in [0, 0.05) is 46.7 Å². The SMILES string of the molecule is CCOc1cccc(CNCCCn2ccnc2)c1OCc1ccc(Cl)cc1Cl.Cl. The van der Waals surface area contributed by atoms with E-state index in [1.165, 1.54) is 0 Å². The van der Waals surface area contributed by atoms with Crippen molar-refractivity contribution in [2.24, 2.45) is 0 Å². The van der Waals surface area contributed by atoms with Crippen LogP contribution in [-0.4, -0.2) is 22.7 Å². The Morgan fingerprint density at radius 3 is 2.70 bits per heavy atom. The molecule has 0 radical (unpaired) electrons. The Morgan fingerprint density at radius 1 is 1.10 bits per heavy atom. The Bertz CT molecular complexity index is 905. The van der Waals surface area contributed by atoms with E-state index in [-0.39, 0.29) is 12.4 Å². The van der Waals surface area contributed by atoms with Crippen LogP contribution in [0.25, 0.3) is 0 Å². The number of para-hydroxylation sites is 1. The molecule has 5 nitrogen and oxygen atoms in total. The molecule has 0 spiro atoms. The first-order chi connectivity index (χ1) is 14.2. The average Bonchev–Trinajstić information content (AvgIpc) is 3.22. The number of rotatable bonds is 11. The van der Waals surface area contributed by atoms with E-state index in [1.807, 2.05) is 49.8 Å². The number of ether oxygens (including phenoxy) is 2. The van der Waals surface area contributed by atoms with E-state index in [0.29, 0.717) is 29.8 Å².